The number of benzene rings is 2. The van der Waals surface area contributed by atoms with E-state index < -0.39 is 0 Å². The van der Waals surface area contributed by atoms with Crippen molar-refractivity contribution in [2.24, 2.45) is 0 Å². The second-order valence-corrected chi connectivity index (χ2v) is 8.46. The normalized spacial score (nSPS) is 46.0. The van der Waals surface area contributed by atoms with Crippen LogP contribution in [0.3, 0.4) is 0 Å². The molecule has 0 radical (unpaired) electrons. The van der Waals surface area contributed by atoms with Gasteiger partial charge < -0.3 is 0 Å². The molecule has 1 spiro atoms. The largest absolute Gasteiger partial charge is 0.270 e. The zero-order valence-electron chi connectivity index (χ0n) is 14.3. The van der Waals surface area contributed by atoms with E-state index in [4.69, 9.17) is 0 Å². The maximum absolute atomic E-state index is 2.54. The minimum absolute atomic E-state index is 0.181. The van der Waals surface area contributed by atoms with E-state index in [1.54, 1.807) is 22.3 Å². The molecular formula is C22H24N+. The van der Waals surface area contributed by atoms with Gasteiger partial charge >= 0.3 is 0 Å². The van der Waals surface area contributed by atoms with Crippen molar-refractivity contribution in [3.8, 4) is 0 Å². The number of unbranched alkanes of at least 4 members (excludes halogenated alkanes) is 1. The molecule has 2 fully saturated rings. The van der Waals surface area contributed by atoms with E-state index in [0.717, 1.165) is 6.04 Å². The highest BCUT2D eigenvalue weighted by atomic mass is 15.8. The molecule has 5 atom stereocenters. The molecule has 0 aromatic heterocycles. The average Bonchev–Trinajstić information content (AvgIpc) is 3.39. The van der Waals surface area contributed by atoms with Gasteiger partial charge in [-0.3, -0.25) is 4.48 Å². The first-order valence-corrected chi connectivity index (χ1v) is 9.22. The van der Waals surface area contributed by atoms with Crippen molar-refractivity contribution in [1.29, 1.82) is 0 Å². The van der Waals surface area contributed by atoms with Crippen LogP contribution in [0.25, 0.3) is 0 Å². The summed E-state index contributed by atoms with van der Waals surface area (Å²) in [4.78, 5) is 0. The third kappa shape index (κ3) is 0.845. The van der Waals surface area contributed by atoms with E-state index in [1.165, 1.54) is 23.7 Å². The van der Waals surface area contributed by atoms with Gasteiger partial charge in [0.1, 0.15) is 0 Å². The summed E-state index contributed by atoms with van der Waals surface area (Å²) in [5, 5.41) is 0. The highest BCUT2D eigenvalue weighted by Crippen LogP contribution is 2.97. The molecule has 2 aromatic carbocycles. The number of nitrogens with zero attached hydrogens (tertiary/aromatic N) is 1. The molecule has 1 nitrogen and oxygen atoms in total. The molecule has 4 aliphatic rings. The molecule has 6 rings (SSSR count). The van der Waals surface area contributed by atoms with Crippen molar-refractivity contribution in [3.05, 3.63) is 70.8 Å². The van der Waals surface area contributed by atoms with Crippen molar-refractivity contribution in [2.45, 2.75) is 62.7 Å². The molecule has 23 heavy (non-hydrogen) atoms. The van der Waals surface area contributed by atoms with Crippen molar-refractivity contribution in [1.82, 2.24) is 0 Å². The van der Waals surface area contributed by atoms with Crippen LogP contribution in [0, 0.1) is 0 Å². The van der Waals surface area contributed by atoms with Crippen molar-refractivity contribution >= 4 is 0 Å². The Hall–Kier alpha value is -1.60. The summed E-state index contributed by atoms with van der Waals surface area (Å²) in [5.41, 5.74) is 7.50. The fourth-order valence-electron chi connectivity index (χ4n) is 7.68. The summed E-state index contributed by atoms with van der Waals surface area (Å²) in [6.45, 7) is 7.41. The zero-order chi connectivity index (χ0) is 15.7. The fourth-order valence-corrected chi connectivity index (χ4v) is 7.68. The van der Waals surface area contributed by atoms with Gasteiger partial charge in [-0.25, -0.2) is 0 Å². The van der Waals surface area contributed by atoms with Gasteiger partial charge in [0.05, 0.1) is 0 Å². The smallest absolute Gasteiger partial charge is 0.211 e. The second-order valence-electron chi connectivity index (χ2n) is 8.46. The molecule has 4 aliphatic heterocycles. The van der Waals surface area contributed by atoms with Crippen molar-refractivity contribution in [3.63, 3.8) is 0 Å². The molecule has 0 N–H and O–H groups in total. The Morgan fingerprint density at radius 3 is 2.09 bits per heavy atom. The van der Waals surface area contributed by atoms with E-state index >= 15 is 0 Å². The molecule has 1 heteroatoms. The zero-order valence-corrected chi connectivity index (χ0v) is 14.3. The van der Waals surface area contributed by atoms with Crippen molar-refractivity contribution in [2.75, 3.05) is 0 Å². The van der Waals surface area contributed by atoms with E-state index in [2.05, 4.69) is 69.3 Å². The van der Waals surface area contributed by atoms with Gasteiger partial charge in [0, 0.05) is 35.6 Å². The molecule has 0 bridgehead atoms. The SMILES string of the molecule is CCCC[C@@]12c3ccccc3C3(C)c4ccccc4[C@@]4(C)C1[N+]342. The van der Waals surface area contributed by atoms with Crippen LogP contribution in [0.4, 0.5) is 0 Å². The van der Waals surface area contributed by atoms with Gasteiger partial charge in [0.2, 0.25) is 6.04 Å². The lowest BCUT2D eigenvalue weighted by molar-refractivity contribution is -0.833. The van der Waals surface area contributed by atoms with Crippen LogP contribution in [0.15, 0.2) is 48.5 Å². The molecule has 0 amide bonds. The van der Waals surface area contributed by atoms with Crippen LogP contribution >= 0.6 is 0 Å². The van der Waals surface area contributed by atoms with Gasteiger partial charge in [-0.2, -0.15) is 0 Å². The molecule has 2 aromatic rings. The Bertz CT molecular complexity index is 885. The molecular weight excluding hydrogens is 278 g/mol. The van der Waals surface area contributed by atoms with Gasteiger partial charge in [-0.05, 0) is 13.3 Å². The van der Waals surface area contributed by atoms with Gasteiger partial charge in [0.25, 0.3) is 0 Å². The van der Waals surface area contributed by atoms with Crippen LogP contribution < -0.4 is 0 Å². The van der Waals surface area contributed by atoms with Crippen LogP contribution in [0.5, 0.6) is 0 Å². The minimum atomic E-state index is 0.181. The lowest BCUT2D eigenvalue weighted by Crippen LogP contribution is -2.43. The standard InChI is InChI=1S/C22H24N/c1-4-5-14-22-18-13-9-8-12-17(18)20(2)15-10-6-7-11-16(15)21(3)19(22)23(20,21)22/h6-13,19H,4-5,14H2,1-3H3/q+1/t19?,20?,21-,22+,23?/m0/s1. The van der Waals surface area contributed by atoms with E-state index in [9.17, 15) is 0 Å². The summed E-state index contributed by atoms with van der Waals surface area (Å²) in [6.07, 6.45) is 4.02. The van der Waals surface area contributed by atoms with Gasteiger partial charge in [-0.15, -0.1) is 0 Å². The fraction of sp³-hybridized carbons (Fsp3) is 0.455. The third-order valence-corrected chi connectivity index (χ3v) is 8.13. The lowest BCUT2D eigenvalue weighted by atomic mass is 9.73. The van der Waals surface area contributed by atoms with Crippen LogP contribution in [0.2, 0.25) is 0 Å². The molecule has 116 valence electrons. The van der Waals surface area contributed by atoms with Gasteiger partial charge in [0.15, 0.2) is 16.6 Å². The maximum atomic E-state index is 2.54. The summed E-state index contributed by atoms with van der Waals surface area (Å²) in [5.74, 6) is 0. The number of quaternary nitrogens is 1. The second kappa shape index (κ2) is 3.28. The average molecular weight is 302 g/mol. The van der Waals surface area contributed by atoms with Crippen LogP contribution in [0.1, 0.15) is 62.3 Å². The monoisotopic (exact) mass is 302 g/mol. The Labute approximate surface area is 138 Å². The third-order valence-electron chi connectivity index (χ3n) is 8.13. The summed E-state index contributed by atoms with van der Waals surface area (Å²) in [6, 6.07) is 19.5. The molecule has 0 aliphatic carbocycles. The lowest BCUT2D eigenvalue weighted by Gasteiger charge is -2.30. The predicted octanol–water partition coefficient (Wildman–Crippen LogP) is 4.79. The Morgan fingerprint density at radius 1 is 0.870 bits per heavy atom. The van der Waals surface area contributed by atoms with Crippen molar-refractivity contribution < 1.29 is 4.48 Å². The topological polar surface area (TPSA) is 0 Å². The molecule has 4 heterocycles. The van der Waals surface area contributed by atoms with Crippen LogP contribution in [-0.4, -0.2) is 10.5 Å². The Kier molecular flexibility index (Phi) is 1.82. The quantitative estimate of drug-likeness (QED) is 0.565. The summed E-state index contributed by atoms with van der Waals surface area (Å²) in [7, 11) is 0. The summed E-state index contributed by atoms with van der Waals surface area (Å²) < 4.78 is 1.33. The molecule has 2 saturated heterocycles. The first-order chi connectivity index (χ1) is 11.1. The highest BCUT2D eigenvalue weighted by Gasteiger charge is 3.14. The van der Waals surface area contributed by atoms with Gasteiger partial charge in [-0.1, -0.05) is 61.9 Å². The molecule has 3 unspecified atom stereocenters. The minimum Gasteiger partial charge on any atom is -0.270 e. The van der Waals surface area contributed by atoms with E-state index in [-0.39, 0.29) is 5.54 Å². The Balaban J connectivity index is 1.69. The van der Waals surface area contributed by atoms with E-state index in [0.29, 0.717) is 11.1 Å². The van der Waals surface area contributed by atoms with E-state index in [1.807, 2.05) is 0 Å². The maximum Gasteiger partial charge on any atom is 0.211 e. The first kappa shape index (κ1) is 12.8. The predicted molar refractivity (Wildman–Crippen MR) is 91.9 cm³/mol. The first-order valence-electron chi connectivity index (χ1n) is 9.22. The van der Waals surface area contributed by atoms with Crippen LogP contribution in [-0.2, 0) is 16.6 Å². The highest BCUT2D eigenvalue weighted by molar-refractivity contribution is 5.66. The summed E-state index contributed by atoms with van der Waals surface area (Å²) >= 11 is 0. The molecule has 0 saturated carbocycles. The number of fused-ring (bicyclic) bond motifs is 8. The number of hydrogen-bond acceptors (Lipinski definition) is 0. The number of rotatable bonds is 3. The Morgan fingerprint density at radius 2 is 1.43 bits per heavy atom. The number of hydrogen-bond donors (Lipinski definition) is 0.